The number of rotatable bonds is 12. The predicted octanol–water partition coefficient (Wildman–Crippen LogP) is 4.00. The number of nitrogens with one attached hydrogen (secondary N) is 3. The van der Waals surface area contributed by atoms with E-state index in [1.165, 1.54) is 12.4 Å². The Morgan fingerprint density at radius 1 is 1.04 bits per heavy atom. The molecule has 0 spiro atoms. The number of anilines is 2. The van der Waals surface area contributed by atoms with Crippen LogP contribution in [0.15, 0.2) is 73.1 Å². The number of halogens is 2. The summed E-state index contributed by atoms with van der Waals surface area (Å²) in [5, 5.41) is 22.8. The summed E-state index contributed by atoms with van der Waals surface area (Å²) in [6, 6.07) is 15.0. The van der Waals surface area contributed by atoms with Gasteiger partial charge in [-0.2, -0.15) is 0 Å². The van der Waals surface area contributed by atoms with E-state index >= 15 is 4.39 Å². The van der Waals surface area contributed by atoms with Gasteiger partial charge in [0.2, 0.25) is 15.8 Å². The van der Waals surface area contributed by atoms with Crippen LogP contribution in [-0.4, -0.2) is 53.4 Å². The number of benzene rings is 3. The number of pyridine rings is 1. The predicted molar refractivity (Wildman–Crippen MR) is 168 cm³/mol. The number of H-pyrrole nitrogens is 1. The molecule has 45 heavy (non-hydrogen) atoms. The zero-order valence-corrected chi connectivity index (χ0v) is 24.7. The third kappa shape index (κ3) is 6.62. The first-order valence-corrected chi connectivity index (χ1v) is 15.5. The molecule has 0 saturated carbocycles. The molecule has 14 heteroatoms. The maximum atomic E-state index is 15.4. The molecule has 2 aromatic heterocycles. The van der Waals surface area contributed by atoms with Crippen LogP contribution in [0.4, 0.5) is 20.2 Å². The van der Waals surface area contributed by atoms with Gasteiger partial charge in [0.15, 0.2) is 12.1 Å². The van der Waals surface area contributed by atoms with Gasteiger partial charge in [0.1, 0.15) is 11.5 Å². The first-order chi connectivity index (χ1) is 21.5. The summed E-state index contributed by atoms with van der Waals surface area (Å²) in [5.41, 5.74) is 1.53. The van der Waals surface area contributed by atoms with Gasteiger partial charge in [-0.05, 0) is 53.3 Å². The van der Waals surface area contributed by atoms with Crippen LogP contribution >= 0.6 is 0 Å². The number of hydrogen-bond donors (Lipinski definition) is 5. The van der Waals surface area contributed by atoms with Gasteiger partial charge >= 0.3 is 7.12 Å². The van der Waals surface area contributed by atoms with Gasteiger partial charge in [-0.25, -0.2) is 22.2 Å². The average molecular weight is 632 g/mol. The second-order valence-corrected chi connectivity index (χ2v) is 12.0. The monoisotopic (exact) mass is 632 g/mol. The van der Waals surface area contributed by atoms with Gasteiger partial charge in [0, 0.05) is 46.7 Å². The zero-order chi connectivity index (χ0) is 32.3. The van der Waals surface area contributed by atoms with E-state index in [2.05, 4.69) is 20.0 Å². The highest BCUT2D eigenvalue weighted by atomic mass is 32.2. The topological polar surface area (TPSA) is 161 Å². The molecule has 0 bridgehead atoms. The normalized spacial score (nSPS) is 11.4. The summed E-state index contributed by atoms with van der Waals surface area (Å²) in [7, 11) is -5.59. The van der Waals surface area contributed by atoms with Crippen LogP contribution in [-0.2, 0) is 16.6 Å². The Labute approximate surface area is 257 Å². The summed E-state index contributed by atoms with van der Waals surface area (Å²) in [5.74, 6) is -3.80. The minimum absolute atomic E-state index is 0.0901. The summed E-state index contributed by atoms with van der Waals surface area (Å²) < 4.78 is 56.7. The van der Waals surface area contributed by atoms with Crippen molar-refractivity contribution in [3.05, 3.63) is 107 Å². The fourth-order valence-corrected chi connectivity index (χ4v) is 6.07. The number of sulfonamides is 1. The van der Waals surface area contributed by atoms with Gasteiger partial charge in [-0.3, -0.25) is 14.3 Å². The molecule has 0 saturated heterocycles. The van der Waals surface area contributed by atoms with E-state index in [4.69, 9.17) is 0 Å². The minimum atomic E-state index is -3.91. The highest BCUT2D eigenvalue weighted by molar-refractivity contribution is 7.92. The number of nitrogens with zero attached hydrogens (tertiary/aromatic N) is 1. The van der Waals surface area contributed by atoms with Crippen LogP contribution in [0.5, 0.6) is 0 Å². The van der Waals surface area contributed by atoms with Crippen molar-refractivity contribution in [3.8, 4) is 11.1 Å². The highest BCUT2D eigenvalue weighted by Crippen LogP contribution is 2.31. The molecular weight excluding hydrogens is 605 g/mol. The fraction of sp³-hybridized carbons (Fsp3) is 0.129. The quantitative estimate of drug-likeness (QED) is 0.0784. The van der Waals surface area contributed by atoms with Crippen molar-refractivity contribution < 1.29 is 36.8 Å². The molecule has 0 radical (unpaired) electrons. The number of aromatic amines is 1. The lowest BCUT2D eigenvalue weighted by atomic mass is 9.77. The van der Waals surface area contributed by atoms with Gasteiger partial charge in [0.05, 0.1) is 17.0 Å². The molecule has 3 aromatic carbocycles. The van der Waals surface area contributed by atoms with E-state index in [0.29, 0.717) is 39.7 Å². The van der Waals surface area contributed by atoms with Crippen LogP contribution < -0.4 is 15.5 Å². The van der Waals surface area contributed by atoms with E-state index in [9.17, 15) is 32.4 Å². The molecular formula is C31H27BF2N4O6S. The molecule has 5 rings (SSSR count). The number of ketones is 1. The number of carbonyl (C=O) groups excluding carboxylic acids is 2. The molecule has 0 aliphatic rings. The van der Waals surface area contributed by atoms with Crippen molar-refractivity contribution in [2.24, 2.45) is 0 Å². The van der Waals surface area contributed by atoms with E-state index < -0.39 is 45.8 Å². The lowest BCUT2D eigenvalue weighted by molar-refractivity contribution is 0.103. The van der Waals surface area contributed by atoms with Gasteiger partial charge in [-0.1, -0.05) is 37.3 Å². The Kier molecular flexibility index (Phi) is 9.09. The first kappa shape index (κ1) is 31.5. The number of carbonyl (C=O) groups is 2. The summed E-state index contributed by atoms with van der Waals surface area (Å²) in [6.07, 6.45) is 3.73. The van der Waals surface area contributed by atoms with Crippen LogP contribution in [0.3, 0.4) is 0 Å². The van der Waals surface area contributed by atoms with Crippen molar-refractivity contribution >= 4 is 57.1 Å². The summed E-state index contributed by atoms with van der Waals surface area (Å²) in [6.45, 7) is 1.81. The molecule has 2 heterocycles. The Morgan fingerprint density at radius 2 is 1.82 bits per heavy atom. The van der Waals surface area contributed by atoms with Crippen LogP contribution in [0.1, 0.15) is 45.2 Å². The van der Waals surface area contributed by atoms with Crippen LogP contribution in [0, 0.1) is 11.6 Å². The number of aldehydes is 1. The van der Waals surface area contributed by atoms with E-state index in [0.717, 1.165) is 12.1 Å². The minimum Gasteiger partial charge on any atom is -0.423 e. The highest BCUT2D eigenvalue weighted by Gasteiger charge is 2.26. The van der Waals surface area contributed by atoms with Crippen molar-refractivity contribution in [3.63, 3.8) is 0 Å². The molecule has 0 aliphatic heterocycles. The molecule has 0 unspecified atom stereocenters. The fourth-order valence-electron chi connectivity index (χ4n) is 4.94. The number of aromatic nitrogens is 2. The third-order valence-electron chi connectivity index (χ3n) is 7.15. The second kappa shape index (κ2) is 13.0. The maximum Gasteiger partial charge on any atom is 0.488 e. The van der Waals surface area contributed by atoms with Crippen LogP contribution in [0.2, 0.25) is 0 Å². The van der Waals surface area contributed by atoms with Crippen molar-refractivity contribution in [1.82, 2.24) is 9.97 Å². The standard InChI is InChI=1S/C31H27BF2N4O6S/c1-2-11-45(43,44)38-26-10-9-25(33)28(29(26)34)30(40)23-16-37-31-22(23)12-21(15-36-31)18-7-8-20(17-39)27(13-18)35-14-19-5-3-4-6-24(19)32(41)42/h3-10,12-13,15-17,35,38,41-42H,2,11,14H2,1H3,(H,36,37). The molecule has 0 fully saturated rings. The molecule has 0 aliphatic carbocycles. The van der Waals surface area contributed by atoms with Gasteiger partial charge in [-0.15, -0.1) is 0 Å². The average Bonchev–Trinajstić information content (AvgIpc) is 3.44. The molecule has 5 N–H and O–H groups in total. The van der Waals surface area contributed by atoms with Crippen molar-refractivity contribution in [1.29, 1.82) is 0 Å². The molecule has 0 atom stereocenters. The van der Waals surface area contributed by atoms with Gasteiger partial charge in [0.25, 0.3) is 0 Å². The number of hydrogen-bond acceptors (Lipinski definition) is 8. The van der Waals surface area contributed by atoms with Crippen molar-refractivity contribution in [2.75, 3.05) is 15.8 Å². The zero-order valence-electron chi connectivity index (χ0n) is 23.8. The second-order valence-electron chi connectivity index (χ2n) is 10.2. The molecule has 230 valence electrons. The van der Waals surface area contributed by atoms with E-state index in [1.807, 2.05) is 0 Å². The Morgan fingerprint density at radius 3 is 2.56 bits per heavy atom. The van der Waals surface area contributed by atoms with Gasteiger partial charge < -0.3 is 20.3 Å². The third-order valence-corrected chi connectivity index (χ3v) is 8.62. The summed E-state index contributed by atoms with van der Waals surface area (Å²) >= 11 is 0. The smallest absolute Gasteiger partial charge is 0.423 e. The van der Waals surface area contributed by atoms with E-state index in [-0.39, 0.29) is 35.3 Å². The molecule has 5 aromatic rings. The summed E-state index contributed by atoms with van der Waals surface area (Å²) in [4.78, 5) is 32.4. The van der Waals surface area contributed by atoms with Crippen molar-refractivity contribution in [2.45, 2.75) is 19.9 Å². The molecule has 0 amide bonds. The Bertz CT molecular complexity index is 2030. The SMILES string of the molecule is CCCS(=O)(=O)Nc1ccc(F)c(C(=O)c2c[nH]c3ncc(-c4ccc(C=O)c(NCc5ccccc5B(O)O)c4)cc23)c1F. The first-order valence-electron chi connectivity index (χ1n) is 13.8. The Hall–Kier alpha value is -4.92. The lowest BCUT2D eigenvalue weighted by Gasteiger charge is -2.14. The van der Waals surface area contributed by atoms with E-state index in [1.54, 1.807) is 55.5 Å². The largest absolute Gasteiger partial charge is 0.488 e. The Balaban J connectivity index is 1.49. The number of fused-ring (bicyclic) bond motifs is 1. The molecule has 10 nitrogen and oxygen atoms in total. The maximum absolute atomic E-state index is 15.4. The lowest BCUT2D eigenvalue weighted by Crippen LogP contribution is -2.33. The van der Waals surface area contributed by atoms with Crippen LogP contribution in [0.25, 0.3) is 22.2 Å².